The first-order valence-electron chi connectivity index (χ1n) is 6.54. The molecule has 0 saturated heterocycles. The third-order valence-electron chi connectivity index (χ3n) is 2.92. The zero-order valence-electron chi connectivity index (χ0n) is 12.0. The topological polar surface area (TPSA) is 38.7 Å². The minimum atomic E-state index is -1.10. The van der Waals surface area contributed by atoms with Crippen molar-refractivity contribution in [2.24, 2.45) is 5.16 Å². The van der Waals surface area contributed by atoms with Crippen molar-refractivity contribution in [3.8, 4) is 0 Å². The second kappa shape index (κ2) is 8.32. The van der Waals surface area contributed by atoms with Gasteiger partial charge in [0.1, 0.15) is 7.11 Å². The smallest absolute Gasteiger partial charge is 0.106 e. The molecule has 6 heteroatoms. The molecular weight excluding hydrogens is 341 g/mol. The monoisotopic (exact) mass is 355 g/mol. The Balaban J connectivity index is 2.07. The maximum absolute atomic E-state index is 12.3. The van der Waals surface area contributed by atoms with E-state index in [9.17, 15) is 4.21 Å². The van der Waals surface area contributed by atoms with Gasteiger partial charge in [0.05, 0.1) is 11.5 Å². The Bertz CT molecular complexity index is 670. The molecule has 0 radical (unpaired) electrons. The van der Waals surface area contributed by atoms with Gasteiger partial charge in [0, 0.05) is 32.2 Å². The van der Waals surface area contributed by atoms with Crippen LogP contribution in [0.5, 0.6) is 0 Å². The molecule has 2 aromatic carbocycles. The van der Waals surface area contributed by atoms with Crippen LogP contribution in [0.4, 0.5) is 0 Å². The van der Waals surface area contributed by atoms with Crippen molar-refractivity contribution in [3.63, 3.8) is 0 Å². The van der Waals surface area contributed by atoms with Crippen LogP contribution in [0.15, 0.2) is 53.7 Å². The van der Waals surface area contributed by atoms with Crippen molar-refractivity contribution in [3.05, 3.63) is 69.7 Å². The van der Waals surface area contributed by atoms with Crippen LogP contribution in [0, 0.1) is 0 Å². The molecule has 2 aromatic rings. The minimum Gasteiger partial charge on any atom is -0.399 e. The van der Waals surface area contributed by atoms with Crippen molar-refractivity contribution in [1.29, 1.82) is 0 Å². The normalized spacial score (nSPS) is 13.0. The van der Waals surface area contributed by atoms with Crippen LogP contribution in [-0.4, -0.2) is 22.8 Å². The van der Waals surface area contributed by atoms with Gasteiger partial charge in [-0.3, -0.25) is 4.21 Å². The minimum absolute atomic E-state index is 0.304. The van der Waals surface area contributed by atoms with E-state index < -0.39 is 10.8 Å². The zero-order chi connectivity index (χ0) is 15.9. The van der Waals surface area contributed by atoms with E-state index >= 15 is 0 Å². The van der Waals surface area contributed by atoms with Gasteiger partial charge < -0.3 is 4.84 Å². The summed E-state index contributed by atoms with van der Waals surface area (Å²) < 4.78 is 12.3. The molecule has 0 aromatic heterocycles. The molecule has 1 atom stereocenters. The molecule has 22 heavy (non-hydrogen) atoms. The zero-order valence-corrected chi connectivity index (χ0v) is 14.3. The van der Waals surface area contributed by atoms with Crippen LogP contribution in [0.1, 0.15) is 11.1 Å². The molecule has 0 heterocycles. The van der Waals surface area contributed by atoms with Crippen molar-refractivity contribution < 1.29 is 9.05 Å². The highest BCUT2D eigenvalue weighted by Gasteiger charge is 2.11. The molecule has 0 bridgehead atoms. The largest absolute Gasteiger partial charge is 0.399 e. The van der Waals surface area contributed by atoms with E-state index in [-0.39, 0.29) is 0 Å². The van der Waals surface area contributed by atoms with Crippen LogP contribution in [0.25, 0.3) is 0 Å². The number of halogens is 2. The Labute approximate surface area is 142 Å². The number of rotatable bonds is 6. The third-order valence-corrected chi connectivity index (χ3v) is 4.67. The molecule has 116 valence electrons. The van der Waals surface area contributed by atoms with Crippen LogP contribution >= 0.6 is 23.2 Å². The van der Waals surface area contributed by atoms with Crippen LogP contribution in [-0.2, 0) is 21.4 Å². The van der Waals surface area contributed by atoms with Gasteiger partial charge in [-0.25, -0.2) is 0 Å². The van der Waals surface area contributed by atoms with E-state index in [1.165, 1.54) is 7.11 Å². The SMILES string of the molecule is CO/N=C(\C[S@@](=O)Cc1ccc(Cl)cc1)c1ccc(Cl)cc1. The third kappa shape index (κ3) is 5.13. The number of hydrogen-bond donors (Lipinski definition) is 0. The molecule has 0 aliphatic heterocycles. The van der Waals surface area contributed by atoms with Crippen LogP contribution in [0.2, 0.25) is 10.0 Å². The summed E-state index contributed by atoms with van der Waals surface area (Å²) in [6.07, 6.45) is 0. The van der Waals surface area contributed by atoms with Crippen molar-refractivity contribution in [2.45, 2.75) is 5.75 Å². The van der Waals surface area contributed by atoms with Gasteiger partial charge in [0.15, 0.2) is 0 Å². The van der Waals surface area contributed by atoms with E-state index in [0.717, 1.165) is 11.1 Å². The summed E-state index contributed by atoms with van der Waals surface area (Å²) in [6, 6.07) is 14.5. The predicted octanol–water partition coefficient (Wildman–Crippen LogP) is 4.29. The lowest BCUT2D eigenvalue weighted by Gasteiger charge is -2.07. The van der Waals surface area contributed by atoms with Gasteiger partial charge in [-0.1, -0.05) is 52.6 Å². The molecule has 0 spiro atoms. The fourth-order valence-corrected chi connectivity index (χ4v) is 3.33. The lowest BCUT2D eigenvalue weighted by atomic mass is 10.1. The fraction of sp³-hybridized carbons (Fsp3) is 0.188. The number of nitrogens with zero attached hydrogens (tertiary/aromatic N) is 1. The summed E-state index contributed by atoms with van der Waals surface area (Å²) in [5.41, 5.74) is 2.44. The molecular formula is C16H15Cl2NO2S. The van der Waals surface area contributed by atoms with E-state index in [2.05, 4.69) is 5.16 Å². The predicted molar refractivity (Wildman–Crippen MR) is 93.2 cm³/mol. The Morgan fingerprint density at radius 2 is 1.59 bits per heavy atom. The summed E-state index contributed by atoms with van der Waals surface area (Å²) in [5, 5.41) is 5.28. The quantitative estimate of drug-likeness (QED) is 0.572. The van der Waals surface area contributed by atoms with Gasteiger partial charge in [-0.15, -0.1) is 0 Å². The first kappa shape index (κ1) is 17.0. The second-order valence-electron chi connectivity index (χ2n) is 4.58. The molecule has 0 aliphatic carbocycles. The maximum atomic E-state index is 12.3. The van der Waals surface area contributed by atoms with E-state index in [0.29, 0.717) is 27.3 Å². The highest BCUT2D eigenvalue weighted by atomic mass is 35.5. The fourth-order valence-electron chi connectivity index (χ4n) is 1.88. The van der Waals surface area contributed by atoms with Gasteiger partial charge >= 0.3 is 0 Å². The number of hydrogen-bond acceptors (Lipinski definition) is 3. The lowest BCUT2D eigenvalue weighted by Crippen LogP contribution is -2.14. The van der Waals surface area contributed by atoms with Crippen molar-refractivity contribution >= 4 is 39.7 Å². The van der Waals surface area contributed by atoms with Crippen molar-refractivity contribution in [1.82, 2.24) is 0 Å². The summed E-state index contributed by atoms with van der Waals surface area (Å²) in [4.78, 5) is 4.86. The Morgan fingerprint density at radius 1 is 1.05 bits per heavy atom. The van der Waals surface area contributed by atoms with Gasteiger partial charge in [0.25, 0.3) is 0 Å². The van der Waals surface area contributed by atoms with Gasteiger partial charge in [0.2, 0.25) is 0 Å². The van der Waals surface area contributed by atoms with E-state index in [1.54, 1.807) is 24.3 Å². The molecule has 0 saturated carbocycles. The summed E-state index contributed by atoms with van der Waals surface area (Å²) >= 11 is 11.7. The molecule has 0 unspecified atom stereocenters. The average molecular weight is 356 g/mol. The summed E-state index contributed by atoms with van der Waals surface area (Å²) in [6.45, 7) is 0. The second-order valence-corrected chi connectivity index (χ2v) is 6.91. The highest BCUT2D eigenvalue weighted by molar-refractivity contribution is 7.85. The number of benzene rings is 2. The Morgan fingerprint density at radius 3 is 2.14 bits per heavy atom. The lowest BCUT2D eigenvalue weighted by molar-refractivity contribution is 0.213. The first-order chi connectivity index (χ1) is 10.6. The van der Waals surface area contributed by atoms with Crippen molar-refractivity contribution in [2.75, 3.05) is 12.9 Å². The van der Waals surface area contributed by atoms with Gasteiger partial charge in [-0.05, 0) is 29.8 Å². The Hall–Kier alpha value is -1.36. The molecule has 3 nitrogen and oxygen atoms in total. The standard InChI is InChI=1S/C16H15Cl2NO2S/c1-21-19-16(13-4-8-15(18)9-5-13)11-22(20)10-12-2-6-14(17)7-3-12/h2-9H,10-11H2,1H3/b19-16+/t22-/m0/s1. The number of oxime groups is 1. The summed E-state index contributed by atoms with van der Waals surface area (Å²) in [7, 11) is 0.368. The highest BCUT2D eigenvalue weighted by Crippen LogP contribution is 2.14. The van der Waals surface area contributed by atoms with Gasteiger partial charge in [-0.2, -0.15) is 0 Å². The molecule has 0 N–H and O–H groups in total. The molecule has 2 rings (SSSR count). The maximum Gasteiger partial charge on any atom is 0.106 e. The Kier molecular flexibility index (Phi) is 6.43. The van der Waals surface area contributed by atoms with E-state index in [4.69, 9.17) is 28.0 Å². The van der Waals surface area contributed by atoms with E-state index in [1.807, 2.05) is 24.3 Å². The van der Waals surface area contributed by atoms with Crippen LogP contribution < -0.4 is 0 Å². The summed E-state index contributed by atoms with van der Waals surface area (Å²) in [5.74, 6) is 0.742. The molecule has 0 fully saturated rings. The molecule has 0 amide bonds. The average Bonchev–Trinajstić information content (AvgIpc) is 2.50. The molecule has 0 aliphatic rings. The first-order valence-corrected chi connectivity index (χ1v) is 8.78. The van der Waals surface area contributed by atoms with Crippen LogP contribution in [0.3, 0.4) is 0 Å².